The average Bonchev–Trinajstić information content (AvgIpc) is 3.20. The van der Waals surface area contributed by atoms with Crippen molar-refractivity contribution in [1.29, 1.82) is 0 Å². The number of guanidine groups is 1. The Kier molecular flexibility index (Phi) is 7.94. The van der Waals surface area contributed by atoms with Gasteiger partial charge in [0, 0.05) is 43.2 Å². The summed E-state index contributed by atoms with van der Waals surface area (Å²) >= 11 is 3.29. The van der Waals surface area contributed by atoms with Gasteiger partial charge in [-0.05, 0) is 43.4 Å². The van der Waals surface area contributed by atoms with E-state index in [-0.39, 0.29) is 29.8 Å². The molecule has 4 nitrogen and oxygen atoms in total. The summed E-state index contributed by atoms with van der Waals surface area (Å²) in [5.74, 6) is 0.812. The molecular formula is C18H26BrFIN3O. The van der Waals surface area contributed by atoms with Crippen molar-refractivity contribution in [3.63, 3.8) is 0 Å². The molecule has 1 atom stereocenters. The first-order chi connectivity index (χ1) is 11.6. The van der Waals surface area contributed by atoms with Crippen LogP contribution in [0.1, 0.15) is 24.8 Å². The molecule has 2 fully saturated rings. The third-order valence-electron chi connectivity index (χ3n) is 5.06. The molecular weight excluding hydrogens is 500 g/mol. The summed E-state index contributed by atoms with van der Waals surface area (Å²) < 4.78 is 20.2. The van der Waals surface area contributed by atoms with Crippen LogP contribution in [0.5, 0.6) is 0 Å². The van der Waals surface area contributed by atoms with Gasteiger partial charge in [0.2, 0.25) is 0 Å². The second kappa shape index (κ2) is 9.50. The lowest BCUT2D eigenvalue weighted by molar-refractivity contribution is 0.156. The predicted octanol–water partition coefficient (Wildman–Crippen LogP) is 3.83. The molecule has 3 rings (SSSR count). The second-order valence-corrected chi connectivity index (χ2v) is 7.70. The summed E-state index contributed by atoms with van der Waals surface area (Å²) in [5, 5.41) is 3.42. The van der Waals surface area contributed by atoms with Gasteiger partial charge >= 0.3 is 0 Å². The van der Waals surface area contributed by atoms with E-state index in [1.807, 2.05) is 19.2 Å². The van der Waals surface area contributed by atoms with Crippen LogP contribution in [0.15, 0.2) is 27.7 Å². The van der Waals surface area contributed by atoms with E-state index in [0.717, 1.165) is 68.1 Å². The van der Waals surface area contributed by atoms with Crippen LogP contribution in [-0.2, 0) is 11.2 Å². The van der Waals surface area contributed by atoms with Crippen LogP contribution in [-0.4, -0.2) is 50.8 Å². The molecule has 0 aromatic heterocycles. The van der Waals surface area contributed by atoms with Gasteiger partial charge in [-0.1, -0.05) is 22.0 Å². The molecule has 25 heavy (non-hydrogen) atoms. The summed E-state index contributed by atoms with van der Waals surface area (Å²) in [6.07, 6.45) is 3.93. The van der Waals surface area contributed by atoms with Gasteiger partial charge in [-0.15, -0.1) is 24.0 Å². The highest BCUT2D eigenvalue weighted by Gasteiger charge is 2.42. The number of benzene rings is 1. The maximum atomic E-state index is 13.8. The SMILES string of the molecule is CN=C(NCCCc1ccc(Br)cc1F)N1CCC2(CCOC2)C1.I. The monoisotopic (exact) mass is 525 g/mol. The van der Waals surface area contributed by atoms with Crippen molar-refractivity contribution in [2.24, 2.45) is 10.4 Å². The molecule has 2 saturated heterocycles. The number of hydrogen-bond donors (Lipinski definition) is 1. The molecule has 140 valence electrons. The van der Waals surface area contributed by atoms with Crippen LogP contribution in [0.4, 0.5) is 4.39 Å². The fraction of sp³-hybridized carbons (Fsp3) is 0.611. The van der Waals surface area contributed by atoms with Gasteiger partial charge in [-0.25, -0.2) is 4.39 Å². The molecule has 1 unspecified atom stereocenters. The van der Waals surface area contributed by atoms with Crippen molar-refractivity contribution in [3.05, 3.63) is 34.1 Å². The molecule has 0 radical (unpaired) electrons. The quantitative estimate of drug-likeness (QED) is 0.281. The van der Waals surface area contributed by atoms with Crippen molar-refractivity contribution in [2.45, 2.75) is 25.7 Å². The van der Waals surface area contributed by atoms with Gasteiger partial charge in [0.1, 0.15) is 5.82 Å². The van der Waals surface area contributed by atoms with Gasteiger partial charge in [0.15, 0.2) is 5.96 Å². The summed E-state index contributed by atoms with van der Waals surface area (Å²) in [6.45, 7) is 4.61. The lowest BCUT2D eigenvalue weighted by Crippen LogP contribution is -2.41. The van der Waals surface area contributed by atoms with E-state index < -0.39 is 0 Å². The normalized spacial score (nSPS) is 23.2. The van der Waals surface area contributed by atoms with Crippen LogP contribution in [0.25, 0.3) is 0 Å². The lowest BCUT2D eigenvalue weighted by atomic mass is 9.87. The highest BCUT2D eigenvalue weighted by Crippen LogP contribution is 2.38. The molecule has 1 aromatic carbocycles. The molecule has 0 aliphatic carbocycles. The third kappa shape index (κ3) is 5.29. The minimum atomic E-state index is -0.142. The van der Waals surface area contributed by atoms with E-state index >= 15 is 0 Å². The average molecular weight is 526 g/mol. The molecule has 0 amide bonds. The first-order valence-electron chi connectivity index (χ1n) is 8.59. The van der Waals surface area contributed by atoms with Crippen LogP contribution >= 0.6 is 39.9 Å². The Labute approximate surface area is 174 Å². The molecule has 0 bridgehead atoms. The fourth-order valence-corrected chi connectivity index (χ4v) is 3.96. The van der Waals surface area contributed by atoms with Crippen molar-refractivity contribution >= 4 is 45.9 Å². The minimum Gasteiger partial charge on any atom is -0.381 e. The van der Waals surface area contributed by atoms with Gasteiger partial charge in [0.25, 0.3) is 0 Å². The van der Waals surface area contributed by atoms with Gasteiger partial charge in [-0.3, -0.25) is 4.99 Å². The number of nitrogens with one attached hydrogen (secondary N) is 1. The summed E-state index contributed by atoms with van der Waals surface area (Å²) in [6, 6.07) is 5.26. The van der Waals surface area contributed by atoms with Crippen LogP contribution in [0, 0.1) is 11.2 Å². The molecule has 2 heterocycles. The number of ether oxygens (including phenoxy) is 1. The van der Waals surface area contributed by atoms with Crippen molar-refractivity contribution in [3.8, 4) is 0 Å². The van der Waals surface area contributed by atoms with E-state index in [1.165, 1.54) is 12.5 Å². The van der Waals surface area contributed by atoms with Gasteiger partial charge in [-0.2, -0.15) is 0 Å². The Bertz CT molecular complexity index is 608. The summed E-state index contributed by atoms with van der Waals surface area (Å²) in [4.78, 5) is 6.74. The van der Waals surface area contributed by atoms with Crippen LogP contribution in [0.2, 0.25) is 0 Å². The van der Waals surface area contributed by atoms with Crippen molar-refractivity contribution in [2.75, 3.05) is 39.9 Å². The summed E-state index contributed by atoms with van der Waals surface area (Å²) in [5.41, 5.74) is 1.09. The Balaban J connectivity index is 0.00000225. The number of aryl methyl sites for hydroxylation is 1. The third-order valence-corrected chi connectivity index (χ3v) is 5.55. The van der Waals surface area contributed by atoms with E-state index in [2.05, 4.69) is 31.1 Å². The maximum absolute atomic E-state index is 13.8. The second-order valence-electron chi connectivity index (χ2n) is 6.79. The number of rotatable bonds is 4. The topological polar surface area (TPSA) is 36.9 Å². The van der Waals surface area contributed by atoms with Crippen molar-refractivity contribution < 1.29 is 9.13 Å². The van der Waals surface area contributed by atoms with E-state index in [1.54, 1.807) is 0 Å². The molecule has 1 spiro atoms. The van der Waals surface area contributed by atoms with Crippen molar-refractivity contribution in [1.82, 2.24) is 10.2 Å². The maximum Gasteiger partial charge on any atom is 0.193 e. The molecule has 2 aliphatic rings. The Morgan fingerprint density at radius 1 is 1.44 bits per heavy atom. The van der Waals surface area contributed by atoms with E-state index in [4.69, 9.17) is 4.74 Å². The number of aliphatic imine (C=N–C) groups is 1. The number of likely N-dealkylation sites (tertiary alicyclic amines) is 1. The smallest absolute Gasteiger partial charge is 0.193 e. The predicted molar refractivity (Wildman–Crippen MR) is 113 cm³/mol. The largest absolute Gasteiger partial charge is 0.381 e. The molecule has 1 aromatic rings. The number of nitrogens with zero attached hydrogens (tertiary/aromatic N) is 2. The minimum absolute atomic E-state index is 0. The van der Waals surface area contributed by atoms with E-state index in [9.17, 15) is 4.39 Å². The van der Waals surface area contributed by atoms with Gasteiger partial charge in [0.05, 0.1) is 6.61 Å². The molecule has 0 saturated carbocycles. The fourth-order valence-electron chi connectivity index (χ4n) is 3.62. The first kappa shape index (κ1) is 20.9. The highest BCUT2D eigenvalue weighted by atomic mass is 127. The lowest BCUT2D eigenvalue weighted by Gasteiger charge is -2.25. The molecule has 1 N–H and O–H groups in total. The highest BCUT2D eigenvalue weighted by molar-refractivity contribution is 14.0. The zero-order valence-corrected chi connectivity index (χ0v) is 18.5. The van der Waals surface area contributed by atoms with Gasteiger partial charge < -0.3 is 15.0 Å². The molecule has 2 aliphatic heterocycles. The number of hydrogen-bond acceptors (Lipinski definition) is 2. The summed E-state index contributed by atoms with van der Waals surface area (Å²) in [7, 11) is 1.83. The Morgan fingerprint density at radius 3 is 2.96 bits per heavy atom. The molecule has 7 heteroatoms. The zero-order valence-electron chi connectivity index (χ0n) is 14.6. The Hall–Kier alpha value is -0.410. The first-order valence-corrected chi connectivity index (χ1v) is 9.38. The number of halogens is 3. The van der Waals surface area contributed by atoms with Crippen LogP contribution < -0.4 is 5.32 Å². The zero-order chi connectivity index (χ0) is 17.0. The standard InChI is InChI=1S/C18H25BrFN3O.HI/c1-21-17(23-9-6-18(12-23)7-10-24-13-18)22-8-2-3-14-4-5-15(19)11-16(14)20;/h4-5,11H,2-3,6-10,12-13H2,1H3,(H,21,22);1H. The Morgan fingerprint density at radius 2 is 2.28 bits per heavy atom. The van der Waals surface area contributed by atoms with E-state index in [0.29, 0.717) is 5.41 Å². The van der Waals surface area contributed by atoms with Crippen LogP contribution in [0.3, 0.4) is 0 Å².